The molecule has 8 heteroatoms. The maximum Gasteiger partial charge on any atom is 0.191 e. The van der Waals surface area contributed by atoms with Crippen LogP contribution in [0.5, 0.6) is 0 Å². The molecule has 30 heavy (non-hydrogen) atoms. The summed E-state index contributed by atoms with van der Waals surface area (Å²) in [5, 5.41) is 6.57. The van der Waals surface area contributed by atoms with Gasteiger partial charge in [0, 0.05) is 52.5 Å². The summed E-state index contributed by atoms with van der Waals surface area (Å²) in [7, 11) is 1.74. The van der Waals surface area contributed by atoms with Crippen molar-refractivity contribution in [2.75, 3.05) is 51.2 Å². The Kier molecular flexibility index (Phi) is 10.3. The van der Waals surface area contributed by atoms with Gasteiger partial charge in [0.05, 0.1) is 0 Å². The Morgan fingerprint density at radius 3 is 2.60 bits per heavy atom. The van der Waals surface area contributed by atoms with Crippen LogP contribution in [0, 0.1) is 5.82 Å². The van der Waals surface area contributed by atoms with Crippen LogP contribution in [0.2, 0.25) is 0 Å². The number of aliphatic imine (C=N–C) groups is 1. The van der Waals surface area contributed by atoms with Crippen molar-refractivity contribution >= 4 is 35.8 Å². The van der Waals surface area contributed by atoms with Crippen LogP contribution in [0.4, 0.5) is 10.2 Å². The Morgan fingerprint density at radius 2 is 1.90 bits per heavy atom. The second-order valence-electron chi connectivity index (χ2n) is 7.14. The Labute approximate surface area is 196 Å². The standard InChI is InChI=1S/C22H31FN6.HI/c1-3-28-12-14-29(15-13-28)21-16-18(8-10-25-21)17-27-22(24-2)26-11-9-19-6-4-5-7-20(19)23;/h4-8,10,16H,3,9,11-15,17H2,1-2H3,(H2,24,26,27);1H. The van der Waals surface area contributed by atoms with Gasteiger partial charge in [-0.15, -0.1) is 24.0 Å². The lowest BCUT2D eigenvalue weighted by Gasteiger charge is -2.34. The maximum absolute atomic E-state index is 13.7. The van der Waals surface area contributed by atoms with Crippen LogP contribution < -0.4 is 15.5 Å². The Morgan fingerprint density at radius 1 is 1.13 bits per heavy atom. The van der Waals surface area contributed by atoms with Crippen molar-refractivity contribution in [3.63, 3.8) is 0 Å². The fourth-order valence-electron chi connectivity index (χ4n) is 3.46. The predicted molar refractivity (Wildman–Crippen MR) is 132 cm³/mol. The largest absolute Gasteiger partial charge is 0.356 e. The SMILES string of the molecule is CCN1CCN(c2cc(CNC(=NC)NCCc3ccccc3F)ccn2)CC1.I. The molecule has 1 fully saturated rings. The summed E-state index contributed by atoms with van der Waals surface area (Å²) in [6.07, 6.45) is 2.48. The summed E-state index contributed by atoms with van der Waals surface area (Å²) in [4.78, 5) is 13.6. The molecule has 0 saturated carbocycles. The van der Waals surface area contributed by atoms with Gasteiger partial charge < -0.3 is 20.4 Å². The summed E-state index contributed by atoms with van der Waals surface area (Å²) in [5.74, 6) is 1.57. The van der Waals surface area contributed by atoms with Gasteiger partial charge in [-0.05, 0) is 42.3 Å². The van der Waals surface area contributed by atoms with Crippen LogP contribution >= 0.6 is 24.0 Å². The summed E-state index contributed by atoms with van der Waals surface area (Å²) in [5.41, 5.74) is 1.86. The first-order valence-corrected chi connectivity index (χ1v) is 10.3. The van der Waals surface area contributed by atoms with Crippen LogP contribution in [-0.2, 0) is 13.0 Å². The average molecular weight is 526 g/mol. The van der Waals surface area contributed by atoms with Crippen molar-refractivity contribution in [2.45, 2.75) is 19.9 Å². The lowest BCUT2D eigenvalue weighted by Crippen LogP contribution is -2.46. The Bertz CT molecular complexity index is 808. The quantitative estimate of drug-likeness (QED) is 0.330. The van der Waals surface area contributed by atoms with Crippen LogP contribution in [0.15, 0.2) is 47.6 Å². The fourth-order valence-corrected chi connectivity index (χ4v) is 3.46. The molecule has 0 radical (unpaired) electrons. The van der Waals surface area contributed by atoms with Crippen LogP contribution in [-0.4, -0.2) is 62.2 Å². The van der Waals surface area contributed by atoms with Gasteiger partial charge in [0.1, 0.15) is 11.6 Å². The number of aromatic nitrogens is 1. The highest BCUT2D eigenvalue weighted by molar-refractivity contribution is 14.0. The Balaban J connectivity index is 0.00000320. The van der Waals surface area contributed by atoms with E-state index in [2.05, 4.69) is 43.4 Å². The highest BCUT2D eigenvalue weighted by Gasteiger charge is 2.16. The molecule has 1 saturated heterocycles. The van der Waals surface area contributed by atoms with Gasteiger partial charge in [-0.1, -0.05) is 25.1 Å². The predicted octanol–water partition coefficient (Wildman–Crippen LogP) is 2.89. The number of halogens is 2. The number of rotatable bonds is 7. The van der Waals surface area contributed by atoms with Crippen molar-refractivity contribution in [2.24, 2.45) is 4.99 Å². The van der Waals surface area contributed by atoms with Crippen LogP contribution in [0.3, 0.4) is 0 Å². The van der Waals surface area contributed by atoms with Crippen molar-refractivity contribution in [1.82, 2.24) is 20.5 Å². The zero-order valence-corrected chi connectivity index (χ0v) is 20.1. The number of benzene rings is 1. The lowest BCUT2D eigenvalue weighted by molar-refractivity contribution is 0.270. The maximum atomic E-state index is 13.7. The molecule has 2 aromatic rings. The van der Waals surface area contributed by atoms with Crippen molar-refractivity contribution < 1.29 is 4.39 Å². The van der Waals surface area contributed by atoms with E-state index in [0.717, 1.165) is 44.1 Å². The van der Waals surface area contributed by atoms with Crippen LogP contribution in [0.1, 0.15) is 18.1 Å². The van der Waals surface area contributed by atoms with E-state index in [-0.39, 0.29) is 29.8 Å². The number of anilines is 1. The monoisotopic (exact) mass is 526 g/mol. The van der Waals surface area contributed by atoms with Gasteiger partial charge in [-0.2, -0.15) is 0 Å². The first-order valence-electron chi connectivity index (χ1n) is 10.3. The number of guanidine groups is 1. The van der Waals surface area contributed by atoms with E-state index in [1.165, 1.54) is 6.07 Å². The Hall–Kier alpha value is -1.94. The number of hydrogen-bond donors (Lipinski definition) is 2. The fraction of sp³-hybridized carbons (Fsp3) is 0.455. The molecule has 1 aromatic carbocycles. The summed E-state index contributed by atoms with van der Waals surface area (Å²) >= 11 is 0. The van der Waals surface area contributed by atoms with E-state index in [1.807, 2.05) is 24.4 Å². The molecule has 1 aliphatic heterocycles. The number of nitrogens with one attached hydrogen (secondary N) is 2. The van der Waals surface area contributed by atoms with E-state index >= 15 is 0 Å². The van der Waals surface area contributed by atoms with Gasteiger partial charge in [0.25, 0.3) is 0 Å². The van der Waals surface area contributed by atoms with E-state index in [4.69, 9.17) is 0 Å². The molecule has 6 nitrogen and oxygen atoms in total. The summed E-state index contributed by atoms with van der Waals surface area (Å²) in [6.45, 7) is 8.77. The summed E-state index contributed by atoms with van der Waals surface area (Å²) in [6, 6.07) is 11.0. The van der Waals surface area contributed by atoms with Crippen molar-refractivity contribution in [1.29, 1.82) is 0 Å². The van der Waals surface area contributed by atoms with E-state index in [0.29, 0.717) is 31.0 Å². The molecule has 0 spiro atoms. The third-order valence-corrected chi connectivity index (χ3v) is 5.28. The molecule has 2 N–H and O–H groups in total. The molecule has 1 aromatic heterocycles. The number of hydrogen-bond acceptors (Lipinski definition) is 4. The third kappa shape index (κ3) is 7.09. The summed E-state index contributed by atoms with van der Waals surface area (Å²) < 4.78 is 13.7. The molecular weight excluding hydrogens is 494 g/mol. The highest BCUT2D eigenvalue weighted by atomic mass is 127. The molecule has 0 aliphatic carbocycles. The minimum absolute atomic E-state index is 0. The van der Waals surface area contributed by atoms with Gasteiger partial charge in [-0.3, -0.25) is 4.99 Å². The molecule has 1 aliphatic rings. The molecule has 164 valence electrons. The van der Waals surface area contributed by atoms with Crippen molar-refractivity contribution in [3.8, 4) is 0 Å². The molecule has 2 heterocycles. The zero-order valence-electron chi connectivity index (χ0n) is 17.8. The third-order valence-electron chi connectivity index (χ3n) is 5.28. The van der Waals surface area contributed by atoms with Gasteiger partial charge in [0.15, 0.2) is 5.96 Å². The zero-order chi connectivity index (χ0) is 20.5. The second kappa shape index (κ2) is 12.7. The van der Waals surface area contributed by atoms with Crippen molar-refractivity contribution in [3.05, 3.63) is 59.5 Å². The van der Waals surface area contributed by atoms with Gasteiger partial charge in [-0.25, -0.2) is 9.37 Å². The van der Waals surface area contributed by atoms with E-state index in [1.54, 1.807) is 13.1 Å². The smallest absolute Gasteiger partial charge is 0.191 e. The van der Waals surface area contributed by atoms with E-state index < -0.39 is 0 Å². The van der Waals surface area contributed by atoms with Gasteiger partial charge >= 0.3 is 0 Å². The van der Waals surface area contributed by atoms with Crippen LogP contribution in [0.25, 0.3) is 0 Å². The highest BCUT2D eigenvalue weighted by Crippen LogP contribution is 2.15. The number of piperazine rings is 1. The molecule has 0 bridgehead atoms. The lowest BCUT2D eigenvalue weighted by atomic mass is 10.1. The average Bonchev–Trinajstić information content (AvgIpc) is 2.77. The number of likely N-dealkylation sites (N-methyl/N-ethyl adjacent to an activating group) is 1. The number of pyridine rings is 1. The molecule has 0 atom stereocenters. The minimum atomic E-state index is -0.165. The normalized spacial score (nSPS) is 14.9. The first-order chi connectivity index (χ1) is 14.2. The van der Waals surface area contributed by atoms with Gasteiger partial charge in [0.2, 0.25) is 0 Å². The molecule has 3 rings (SSSR count). The van der Waals surface area contributed by atoms with E-state index in [9.17, 15) is 4.39 Å². The minimum Gasteiger partial charge on any atom is -0.356 e. The number of nitrogens with zero attached hydrogens (tertiary/aromatic N) is 4. The molecule has 0 amide bonds. The second-order valence-corrected chi connectivity index (χ2v) is 7.14. The topological polar surface area (TPSA) is 55.8 Å². The molecular formula is C22H32FIN6. The first kappa shape index (κ1) is 24.3. The molecule has 0 unspecified atom stereocenters.